The normalized spacial score (nSPS) is 19.0. The number of carbonyl (C=O) groups excluding carboxylic acids is 1. The first-order valence-electron chi connectivity index (χ1n) is 9.09. The molecule has 5 heteroatoms. The van der Waals surface area contributed by atoms with Crippen molar-refractivity contribution >= 4 is 23.1 Å². The molecule has 0 radical (unpaired) electrons. The summed E-state index contributed by atoms with van der Waals surface area (Å²) in [5, 5.41) is 5.15. The largest absolute Gasteiger partial charge is 0.376 e. The highest BCUT2D eigenvalue weighted by Crippen LogP contribution is 2.25. The molecule has 2 heterocycles. The number of urea groups is 1. The number of aryl methyl sites for hydroxylation is 2. The van der Waals surface area contributed by atoms with E-state index in [0.29, 0.717) is 13.1 Å². The Hall–Kier alpha value is -1.85. The standard InChI is InChI=1S/C20H24N2O2S/c23-20(21-17-9-8-15-4-1-5-16(15)12-17)22(13-18-6-2-10-24-18)14-19-7-3-11-25-19/h3,7-9,11-12,18H,1-2,4-6,10,13-14H2,(H,21,23). The van der Waals surface area contributed by atoms with Crippen LogP contribution in [0.3, 0.4) is 0 Å². The molecule has 0 spiro atoms. The number of fused-ring (bicyclic) bond motifs is 1. The van der Waals surface area contributed by atoms with Gasteiger partial charge in [0.1, 0.15) is 0 Å². The van der Waals surface area contributed by atoms with Gasteiger partial charge in [-0.1, -0.05) is 12.1 Å². The maximum Gasteiger partial charge on any atom is 0.322 e. The average Bonchev–Trinajstić information content (AvgIpc) is 3.36. The summed E-state index contributed by atoms with van der Waals surface area (Å²) in [7, 11) is 0. The second kappa shape index (κ2) is 7.58. The Morgan fingerprint density at radius 3 is 2.96 bits per heavy atom. The van der Waals surface area contributed by atoms with Gasteiger partial charge in [-0.15, -0.1) is 11.3 Å². The fraction of sp³-hybridized carbons (Fsp3) is 0.450. The Morgan fingerprint density at radius 2 is 2.16 bits per heavy atom. The molecule has 1 atom stereocenters. The van der Waals surface area contributed by atoms with Gasteiger partial charge in [-0.2, -0.15) is 0 Å². The van der Waals surface area contributed by atoms with Crippen molar-refractivity contribution in [3.05, 3.63) is 51.7 Å². The molecule has 4 nitrogen and oxygen atoms in total. The summed E-state index contributed by atoms with van der Waals surface area (Å²) in [6, 6.07) is 10.4. The first-order valence-corrected chi connectivity index (χ1v) is 9.97. The van der Waals surface area contributed by atoms with E-state index in [9.17, 15) is 4.79 Å². The lowest BCUT2D eigenvalue weighted by molar-refractivity contribution is 0.0821. The number of thiophene rings is 1. The summed E-state index contributed by atoms with van der Waals surface area (Å²) < 4.78 is 5.75. The maximum absolute atomic E-state index is 12.9. The van der Waals surface area contributed by atoms with Crippen LogP contribution in [0.5, 0.6) is 0 Å². The molecule has 132 valence electrons. The Bertz CT molecular complexity index is 723. The van der Waals surface area contributed by atoms with Crippen LogP contribution in [0.15, 0.2) is 35.7 Å². The summed E-state index contributed by atoms with van der Waals surface area (Å²) in [6.45, 7) is 2.09. The zero-order valence-corrected chi connectivity index (χ0v) is 15.2. The molecule has 1 aromatic heterocycles. The number of nitrogens with one attached hydrogen (secondary N) is 1. The highest BCUT2D eigenvalue weighted by molar-refractivity contribution is 7.09. The molecule has 2 amide bonds. The molecule has 25 heavy (non-hydrogen) atoms. The monoisotopic (exact) mass is 356 g/mol. The van der Waals surface area contributed by atoms with Crippen LogP contribution in [-0.4, -0.2) is 30.2 Å². The average molecular weight is 356 g/mol. The van der Waals surface area contributed by atoms with Gasteiger partial charge in [-0.05, 0) is 66.8 Å². The molecule has 1 N–H and O–H groups in total. The third-order valence-electron chi connectivity index (χ3n) is 5.01. The minimum atomic E-state index is -0.0400. The molecule has 1 aliphatic carbocycles. The van der Waals surface area contributed by atoms with E-state index in [-0.39, 0.29) is 12.1 Å². The van der Waals surface area contributed by atoms with Crippen LogP contribution in [0.4, 0.5) is 10.5 Å². The number of carbonyl (C=O) groups is 1. The fourth-order valence-corrected chi connectivity index (χ4v) is 4.42. The van der Waals surface area contributed by atoms with E-state index in [2.05, 4.69) is 28.9 Å². The first-order chi connectivity index (χ1) is 12.3. The second-order valence-corrected chi connectivity index (χ2v) is 7.89. The molecule has 0 bridgehead atoms. The predicted octanol–water partition coefficient (Wildman–Crippen LogP) is 4.45. The van der Waals surface area contributed by atoms with Crippen LogP contribution < -0.4 is 5.32 Å². The lowest BCUT2D eigenvalue weighted by Gasteiger charge is -2.25. The molecule has 2 aromatic rings. The quantitative estimate of drug-likeness (QED) is 0.860. The number of benzene rings is 1. The van der Waals surface area contributed by atoms with Crippen molar-refractivity contribution in [3.8, 4) is 0 Å². The topological polar surface area (TPSA) is 41.6 Å². The third kappa shape index (κ3) is 4.05. The van der Waals surface area contributed by atoms with Crippen LogP contribution in [0, 0.1) is 0 Å². The zero-order valence-electron chi connectivity index (χ0n) is 14.4. The van der Waals surface area contributed by atoms with Crippen LogP contribution in [0.25, 0.3) is 0 Å². The van der Waals surface area contributed by atoms with Gasteiger partial charge in [-0.25, -0.2) is 4.79 Å². The number of ether oxygens (including phenoxy) is 1. The SMILES string of the molecule is O=C(Nc1ccc2c(c1)CCC2)N(Cc1cccs1)CC1CCCO1. The van der Waals surface area contributed by atoms with Gasteiger partial charge in [0.25, 0.3) is 0 Å². The van der Waals surface area contributed by atoms with Crippen molar-refractivity contribution in [3.63, 3.8) is 0 Å². The third-order valence-corrected chi connectivity index (χ3v) is 5.87. The van der Waals surface area contributed by atoms with Gasteiger partial charge in [0.15, 0.2) is 0 Å². The van der Waals surface area contributed by atoms with Gasteiger partial charge in [0, 0.05) is 23.7 Å². The predicted molar refractivity (Wildman–Crippen MR) is 101 cm³/mol. The molecule has 1 fully saturated rings. The Morgan fingerprint density at radius 1 is 1.24 bits per heavy atom. The van der Waals surface area contributed by atoms with Gasteiger partial charge in [-0.3, -0.25) is 0 Å². The first kappa shape index (κ1) is 16.6. The molecule has 4 rings (SSSR count). The van der Waals surface area contributed by atoms with Crippen molar-refractivity contribution in [1.29, 1.82) is 0 Å². The number of rotatable bonds is 5. The van der Waals surface area contributed by atoms with Crippen molar-refractivity contribution in [2.24, 2.45) is 0 Å². The summed E-state index contributed by atoms with van der Waals surface area (Å²) >= 11 is 1.69. The summed E-state index contributed by atoms with van der Waals surface area (Å²) in [5.74, 6) is 0. The van der Waals surface area contributed by atoms with E-state index in [1.807, 2.05) is 17.0 Å². The zero-order chi connectivity index (χ0) is 17.1. The smallest absolute Gasteiger partial charge is 0.322 e. The molecular weight excluding hydrogens is 332 g/mol. The Labute approximate surface area is 152 Å². The van der Waals surface area contributed by atoms with Crippen molar-refractivity contribution in [1.82, 2.24) is 4.90 Å². The number of hydrogen-bond donors (Lipinski definition) is 1. The molecule has 1 saturated heterocycles. The number of hydrogen-bond acceptors (Lipinski definition) is 3. The van der Waals surface area contributed by atoms with Crippen LogP contribution in [0.2, 0.25) is 0 Å². The fourth-order valence-electron chi connectivity index (χ4n) is 3.70. The Balaban J connectivity index is 1.46. The van der Waals surface area contributed by atoms with Gasteiger partial charge in [0.05, 0.1) is 12.6 Å². The van der Waals surface area contributed by atoms with Crippen LogP contribution in [-0.2, 0) is 24.1 Å². The van der Waals surface area contributed by atoms with Gasteiger partial charge >= 0.3 is 6.03 Å². The lowest BCUT2D eigenvalue weighted by Crippen LogP contribution is -2.39. The Kier molecular flexibility index (Phi) is 5.04. The van der Waals surface area contributed by atoms with Gasteiger partial charge in [0.2, 0.25) is 0 Å². The van der Waals surface area contributed by atoms with E-state index in [1.165, 1.54) is 22.4 Å². The van der Waals surface area contributed by atoms with Crippen LogP contribution in [0.1, 0.15) is 35.3 Å². The number of amides is 2. The van der Waals surface area contributed by atoms with Crippen molar-refractivity contribution < 1.29 is 9.53 Å². The van der Waals surface area contributed by atoms with Crippen LogP contribution >= 0.6 is 11.3 Å². The molecule has 0 saturated carbocycles. The molecule has 1 unspecified atom stereocenters. The van der Waals surface area contributed by atoms with E-state index in [0.717, 1.165) is 38.0 Å². The summed E-state index contributed by atoms with van der Waals surface area (Å²) in [4.78, 5) is 16.0. The van der Waals surface area contributed by atoms with E-state index in [4.69, 9.17) is 4.74 Å². The second-order valence-electron chi connectivity index (χ2n) is 6.86. The lowest BCUT2D eigenvalue weighted by atomic mass is 10.1. The highest BCUT2D eigenvalue weighted by atomic mass is 32.1. The van der Waals surface area contributed by atoms with E-state index in [1.54, 1.807) is 11.3 Å². The minimum Gasteiger partial charge on any atom is -0.376 e. The highest BCUT2D eigenvalue weighted by Gasteiger charge is 2.23. The molecule has 2 aliphatic rings. The van der Waals surface area contributed by atoms with Crippen molar-refractivity contribution in [2.45, 2.75) is 44.8 Å². The maximum atomic E-state index is 12.9. The minimum absolute atomic E-state index is 0.0400. The number of anilines is 1. The van der Waals surface area contributed by atoms with E-state index >= 15 is 0 Å². The van der Waals surface area contributed by atoms with Crippen molar-refractivity contribution in [2.75, 3.05) is 18.5 Å². The number of nitrogens with zero attached hydrogens (tertiary/aromatic N) is 1. The summed E-state index contributed by atoms with van der Waals surface area (Å²) in [6.07, 6.45) is 5.78. The molecule has 1 aliphatic heterocycles. The molecular formula is C20H24N2O2S. The molecule has 1 aromatic carbocycles. The van der Waals surface area contributed by atoms with Gasteiger partial charge < -0.3 is 15.0 Å². The van der Waals surface area contributed by atoms with E-state index < -0.39 is 0 Å². The summed E-state index contributed by atoms with van der Waals surface area (Å²) in [5.41, 5.74) is 3.70.